The van der Waals surface area contributed by atoms with Crippen molar-refractivity contribution in [1.29, 1.82) is 0 Å². The number of rotatable bonds is 1. The number of nitrogen functional groups attached to an aromatic ring is 1. The van der Waals surface area contributed by atoms with Crippen LogP contribution in [-0.4, -0.2) is 9.55 Å². The van der Waals surface area contributed by atoms with Gasteiger partial charge in [0.05, 0.1) is 11.0 Å². The van der Waals surface area contributed by atoms with Crippen LogP contribution in [0.15, 0.2) is 34.8 Å². The molecule has 3 nitrogen and oxygen atoms in total. The quantitative estimate of drug-likeness (QED) is 0.730. The Hall–Kier alpha value is -1.95. The van der Waals surface area contributed by atoms with Gasteiger partial charge in [-0.25, -0.2) is 13.8 Å². The maximum absolute atomic E-state index is 14.1. The zero-order valence-electron chi connectivity index (χ0n) is 10.5. The highest BCUT2D eigenvalue weighted by molar-refractivity contribution is 9.10. The molecular formula is C14H10BrF2N3. The first-order valence-electron chi connectivity index (χ1n) is 5.87. The largest absolute Gasteiger partial charge is 0.369 e. The van der Waals surface area contributed by atoms with E-state index in [1.807, 2.05) is 13.0 Å². The summed E-state index contributed by atoms with van der Waals surface area (Å²) in [5, 5.41) is 0. The smallest absolute Gasteiger partial charge is 0.206 e. The number of nitrogens with two attached hydrogens (primary N) is 1. The number of hydrogen-bond donors (Lipinski definition) is 1. The number of fused-ring (bicyclic) bond motifs is 1. The van der Waals surface area contributed by atoms with E-state index in [2.05, 4.69) is 20.9 Å². The predicted molar refractivity (Wildman–Crippen MR) is 77.8 cm³/mol. The molecule has 0 atom stereocenters. The van der Waals surface area contributed by atoms with E-state index in [9.17, 15) is 8.78 Å². The minimum Gasteiger partial charge on any atom is -0.369 e. The molecule has 0 aliphatic heterocycles. The number of aryl methyl sites for hydroxylation is 1. The van der Waals surface area contributed by atoms with E-state index in [0.717, 1.165) is 5.56 Å². The molecule has 0 saturated carbocycles. The van der Waals surface area contributed by atoms with Crippen LogP contribution in [-0.2, 0) is 0 Å². The summed E-state index contributed by atoms with van der Waals surface area (Å²) >= 11 is 3.05. The topological polar surface area (TPSA) is 43.8 Å². The monoisotopic (exact) mass is 337 g/mol. The number of aromatic nitrogens is 2. The van der Waals surface area contributed by atoms with E-state index in [4.69, 9.17) is 5.73 Å². The number of benzene rings is 2. The highest BCUT2D eigenvalue weighted by Crippen LogP contribution is 2.29. The lowest BCUT2D eigenvalue weighted by molar-refractivity contribution is 0.570. The average molecular weight is 338 g/mol. The zero-order chi connectivity index (χ0) is 14.4. The van der Waals surface area contributed by atoms with Crippen LogP contribution in [0, 0.1) is 18.6 Å². The van der Waals surface area contributed by atoms with Gasteiger partial charge >= 0.3 is 0 Å². The predicted octanol–water partition coefficient (Wildman–Crippen LogP) is 3.96. The summed E-state index contributed by atoms with van der Waals surface area (Å²) in [7, 11) is 0. The Morgan fingerprint density at radius 2 is 1.80 bits per heavy atom. The van der Waals surface area contributed by atoms with Crippen LogP contribution >= 0.6 is 15.9 Å². The molecule has 20 heavy (non-hydrogen) atoms. The van der Waals surface area contributed by atoms with Crippen molar-refractivity contribution in [3.63, 3.8) is 0 Å². The molecule has 0 amide bonds. The van der Waals surface area contributed by atoms with E-state index in [-0.39, 0.29) is 11.6 Å². The van der Waals surface area contributed by atoms with Crippen molar-refractivity contribution in [1.82, 2.24) is 9.55 Å². The van der Waals surface area contributed by atoms with Gasteiger partial charge in [0.15, 0.2) is 11.6 Å². The van der Waals surface area contributed by atoms with Gasteiger partial charge in [-0.3, -0.25) is 4.57 Å². The van der Waals surface area contributed by atoms with E-state index in [1.165, 1.54) is 16.7 Å². The molecule has 0 aliphatic carbocycles. The Bertz CT molecular complexity index is 804. The van der Waals surface area contributed by atoms with E-state index in [1.54, 1.807) is 12.1 Å². The van der Waals surface area contributed by atoms with Crippen LogP contribution in [0.25, 0.3) is 16.7 Å². The summed E-state index contributed by atoms with van der Waals surface area (Å²) < 4.78 is 29.8. The summed E-state index contributed by atoms with van der Waals surface area (Å²) in [6, 6.07) is 7.82. The van der Waals surface area contributed by atoms with Crippen LogP contribution < -0.4 is 5.73 Å². The van der Waals surface area contributed by atoms with E-state index in [0.29, 0.717) is 15.5 Å². The summed E-state index contributed by atoms with van der Waals surface area (Å²) in [4.78, 5) is 4.13. The Balaban J connectivity index is 2.40. The highest BCUT2D eigenvalue weighted by atomic mass is 79.9. The first-order chi connectivity index (χ1) is 9.47. The second-order valence-corrected chi connectivity index (χ2v) is 5.43. The summed E-state index contributed by atoms with van der Waals surface area (Å²) in [6.07, 6.45) is 0. The van der Waals surface area contributed by atoms with Crippen molar-refractivity contribution in [2.75, 3.05) is 5.73 Å². The van der Waals surface area contributed by atoms with Gasteiger partial charge in [-0.2, -0.15) is 0 Å². The second kappa shape index (κ2) is 4.56. The molecule has 0 aliphatic rings. The number of nitrogens with zero attached hydrogens (tertiary/aromatic N) is 2. The Morgan fingerprint density at radius 3 is 2.45 bits per heavy atom. The first kappa shape index (κ1) is 13.1. The number of hydrogen-bond acceptors (Lipinski definition) is 2. The Morgan fingerprint density at radius 1 is 1.15 bits per heavy atom. The van der Waals surface area contributed by atoms with E-state index >= 15 is 0 Å². The summed E-state index contributed by atoms with van der Waals surface area (Å²) in [6.45, 7) is 1.89. The molecule has 2 N–H and O–H groups in total. The zero-order valence-corrected chi connectivity index (χ0v) is 12.1. The van der Waals surface area contributed by atoms with Crippen molar-refractivity contribution in [2.24, 2.45) is 0 Å². The average Bonchev–Trinajstić information content (AvgIpc) is 2.65. The number of imidazole rings is 1. The highest BCUT2D eigenvalue weighted by Gasteiger charge is 2.18. The fourth-order valence-electron chi connectivity index (χ4n) is 2.19. The van der Waals surface area contributed by atoms with Gasteiger partial charge < -0.3 is 5.73 Å². The molecule has 102 valence electrons. The summed E-state index contributed by atoms with van der Waals surface area (Å²) in [5.74, 6) is -1.36. The number of anilines is 1. The minimum atomic E-state index is -0.704. The molecular weight excluding hydrogens is 328 g/mol. The van der Waals surface area contributed by atoms with Crippen molar-refractivity contribution < 1.29 is 8.78 Å². The minimum absolute atomic E-state index is 0.0470. The van der Waals surface area contributed by atoms with Crippen molar-refractivity contribution in [3.05, 3.63) is 52.0 Å². The number of halogens is 3. The molecule has 3 aromatic rings. The van der Waals surface area contributed by atoms with E-state index < -0.39 is 11.6 Å². The molecule has 0 spiro atoms. The summed E-state index contributed by atoms with van der Waals surface area (Å²) in [5.41, 5.74) is 7.71. The Labute approximate surface area is 122 Å². The SMILES string of the molecule is Cc1ccc2nc(N)n(-c3c(F)cc(Br)cc3F)c2c1. The molecule has 0 bridgehead atoms. The maximum atomic E-state index is 14.1. The molecule has 0 saturated heterocycles. The third-order valence-corrected chi connectivity index (χ3v) is 3.50. The molecule has 0 unspecified atom stereocenters. The Kier molecular flexibility index (Phi) is 2.97. The van der Waals surface area contributed by atoms with Gasteiger partial charge in [0.1, 0.15) is 5.69 Å². The fraction of sp³-hybridized carbons (Fsp3) is 0.0714. The van der Waals surface area contributed by atoms with Crippen LogP contribution in [0.5, 0.6) is 0 Å². The van der Waals surface area contributed by atoms with Gasteiger partial charge in [0, 0.05) is 4.47 Å². The molecule has 6 heteroatoms. The van der Waals surface area contributed by atoms with Gasteiger partial charge in [-0.1, -0.05) is 22.0 Å². The maximum Gasteiger partial charge on any atom is 0.206 e. The van der Waals surface area contributed by atoms with Crippen molar-refractivity contribution in [3.8, 4) is 5.69 Å². The third kappa shape index (κ3) is 1.96. The van der Waals surface area contributed by atoms with Gasteiger partial charge in [0.2, 0.25) is 5.95 Å². The van der Waals surface area contributed by atoms with Gasteiger partial charge in [-0.05, 0) is 36.8 Å². The second-order valence-electron chi connectivity index (χ2n) is 4.52. The van der Waals surface area contributed by atoms with Gasteiger partial charge in [0.25, 0.3) is 0 Å². The lowest BCUT2D eigenvalue weighted by Crippen LogP contribution is -2.06. The molecule has 0 radical (unpaired) electrons. The van der Waals surface area contributed by atoms with Crippen molar-refractivity contribution >= 4 is 32.9 Å². The van der Waals surface area contributed by atoms with Gasteiger partial charge in [-0.15, -0.1) is 0 Å². The lowest BCUT2D eigenvalue weighted by atomic mass is 10.2. The van der Waals surface area contributed by atoms with Crippen molar-refractivity contribution in [2.45, 2.75) is 6.92 Å². The molecule has 1 heterocycles. The third-order valence-electron chi connectivity index (χ3n) is 3.04. The molecule has 3 rings (SSSR count). The van der Waals surface area contributed by atoms with Crippen LogP contribution in [0.1, 0.15) is 5.56 Å². The van der Waals surface area contributed by atoms with Crippen LogP contribution in [0.2, 0.25) is 0 Å². The van der Waals surface area contributed by atoms with Crippen LogP contribution in [0.3, 0.4) is 0 Å². The lowest BCUT2D eigenvalue weighted by Gasteiger charge is -2.10. The fourth-order valence-corrected chi connectivity index (χ4v) is 2.59. The first-order valence-corrected chi connectivity index (χ1v) is 6.66. The standard InChI is InChI=1S/C14H10BrF2N3/c1-7-2-3-11-12(4-7)20(14(18)19-11)13-9(16)5-8(15)6-10(13)17/h2-6H,1H3,(H2,18,19). The molecule has 2 aromatic carbocycles. The van der Waals surface area contributed by atoms with Crippen LogP contribution in [0.4, 0.5) is 14.7 Å². The molecule has 1 aromatic heterocycles. The molecule has 0 fully saturated rings. The normalized spacial score (nSPS) is 11.2.